The van der Waals surface area contributed by atoms with Crippen molar-refractivity contribution in [3.63, 3.8) is 0 Å². The van der Waals surface area contributed by atoms with Gasteiger partial charge < -0.3 is 10.4 Å². The molecule has 0 saturated heterocycles. The fourth-order valence-electron chi connectivity index (χ4n) is 0.388. The van der Waals surface area contributed by atoms with Gasteiger partial charge in [0.15, 0.2) is 0 Å². The van der Waals surface area contributed by atoms with Crippen LogP contribution in [0.15, 0.2) is 0 Å². The smallest absolute Gasteiger partial charge is 0.394 e. The van der Waals surface area contributed by atoms with Crippen LogP contribution in [0.2, 0.25) is 0 Å². The molecular formula is C6H11NO3. The van der Waals surface area contributed by atoms with Crippen LogP contribution in [0.1, 0.15) is 20.3 Å². The molecular weight excluding hydrogens is 134 g/mol. The zero-order valence-corrected chi connectivity index (χ0v) is 6.05. The second-order valence-corrected chi connectivity index (χ2v) is 2.09. The van der Waals surface area contributed by atoms with Crippen molar-refractivity contribution in [1.29, 1.82) is 0 Å². The minimum atomic E-state index is -1.43. The Hall–Kier alpha value is -1.06. The Morgan fingerprint density at radius 1 is 1.60 bits per heavy atom. The normalized spacial score (nSPS) is 12.2. The lowest BCUT2D eigenvalue weighted by Gasteiger charge is -2.07. The summed E-state index contributed by atoms with van der Waals surface area (Å²) in [6, 6.07) is -0.0661. The van der Waals surface area contributed by atoms with Crippen molar-refractivity contribution in [2.24, 2.45) is 0 Å². The summed E-state index contributed by atoms with van der Waals surface area (Å²) in [7, 11) is 0. The second-order valence-electron chi connectivity index (χ2n) is 2.09. The van der Waals surface area contributed by atoms with E-state index in [-0.39, 0.29) is 6.04 Å². The van der Waals surface area contributed by atoms with E-state index in [4.69, 9.17) is 5.11 Å². The number of carboxylic acids is 1. The van der Waals surface area contributed by atoms with E-state index in [9.17, 15) is 9.59 Å². The van der Waals surface area contributed by atoms with Crippen LogP contribution in [0, 0.1) is 0 Å². The highest BCUT2D eigenvalue weighted by molar-refractivity contribution is 6.31. The number of rotatable bonds is 2. The number of aliphatic carboxylic acids is 1. The van der Waals surface area contributed by atoms with Gasteiger partial charge in [0.2, 0.25) is 0 Å². The van der Waals surface area contributed by atoms with E-state index in [1.807, 2.05) is 6.92 Å². The molecule has 0 aliphatic rings. The highest BCUT2D eigenvalue weighted by Crippen LogP contribution is 1.86. The summed E-state index contributed by atoms with van der Waals surface area (Å²) in [4.78, 5) is 20.3. The van der Waals surface area contributed by atoms with E-state index in [1.165, 1.54) is 0 Å². The minimum Gasteiger partial charge on any atom is -0.474 e. The van der Waals surface area contributed by atoms with Gasteiger partial charge in [-0.1, -0.05) is 6.92 Å². The topological polar surface area (TPSA) is 66.4 Å². The molecule has 0 aliphatic carbocycles. The van der Waals surface area contributed by atoms with Crippen LogP contribution in [0.3, 0.4) is 0 Å². The van der Waals surface area contributed by atoms with E-state index < -0.39 is 11.9 Å². The summed E-state index contributed by atoms with van der Waals surface area (Å²) in [5, 5.41) is 10.4. The van der Waals surface area contributed by atoms with Crippen molar-refractivity contribution in [1.82, 2.24) is 5.32 Å². The van der Waals surface area contributed by atoms with Crippen LogP contribution >= 0.6 is 0 Å². The summed E-state index contributed by atoms with van der Waals surface area (Å²) < 4.78 is 0. The molecule has 0 fully saturated rings. The fraction of sp³-hybridized carbons (Fsp3) is 0.667. The highest BCUT2D eigenvalue weighted by atomic mass is 16.4. The van der Waals surface area contributed by atoms with Crippen LogP contribution in [0.25, 0.3) is 0 Å². The van der Waals surface area contributed by atoms with Crippen molar-refractivity contribution in [2.75, 3.05) is 0 Å². The maximum absolute atomic E-state index is 10.4. The van der Waals surface area contributed by atoms with E-state index in [0.29, 0.717) is 0 Å². The van der Waals surface area contributed by atoms with Crippen LogP contribution < -0.4 is 5.32 Å². The molecule has 1 atom stereocenters. The Bertz CT molecular complexity index is 144. The molecule has 2 N–H and O–H groups in total. The van der Waals surface area contributed by atoms with Gasteiger partial charge in [0, 0.05) is 6.04 Å². The number of nitrogens with one attached hydrogen (secondary N) is 1. The third kappa shape index (κ3) is 3.06. The molecule has 0 aromatic carbocycles. The molecule has 0 aromatic heterocycles. The predicted molar refractivity (Wildman–Crippen MR) is 35.5 cm³/mol. The molecule has 1 unspecified atom stereocenters. The number of hydrogen-bond donors (Lipinski definition) is 2. The first-order valence-electron chi connectivity index (χ1n) is 3.11. The van der Waals surface area contributed by atoms with Gasteiger partial charge >= 0.3 is 11.9 Å². The highest BCUT2D eigenvalue weighted by Gasteiger charge is 2.12. The maximum atomic E-state index is 10.4. The standard InChI is InChI=1S/C6H11NO3/c1-3-4(2)7-5(8)6(9)10/h4H,3H2,1-2H3,(H,7,8)(H,9,10). The van der Waals surface area contributed by atoms with Gasteiger partial charge in [0.1, 0.15) is 0 Å². The first kappa shape index (κ1) is 8.94. The van der Waals surface area contributed by atoms with Gasteiger partial charge in [-0.3, -0.25) is 4.79 Å². The second kappa shape index (κ2) is 3.87. The molecule has 0 radical (unpaired) electrons. The molecule has 0 bridgehead atoms. The molecule has 0 heterocycles. The van der Waals surface area contributed by atoms with E-state index in [2.05, 4.69) is 5.32 Å². The van der Waals surface area contributed by atoms with Gasteiger partial charge in [0.05, 0.1) is 0 Å². The summed E-state index contributed by atoms with van der Waals surface area (Å²) >= 11 is 0. The summed E-state index contributed by atoms with van der Waals surface area (Å²) in [6.07, 6.45) is 0.735. The summed E-state index contributed by atoms with van der Waals surface area (Å²) in [6.45, 7) is 3.62. The van der Waals surface area contributed by atoms with Crippen molar-refractivity contribution < 1.29 is 14.7 Å². The fourth-order valence-corrected chi connectivity index (χ4v) is 0.388. The number of carbonyl (C=O) groups excluding carboxylic acids is 1. The zero-order valence-electron chi connectivity index (χ0n) is 6.05. The molecule has 0 aliphatic heterocycles. The molecule has 58 valence electrons. The molecule has 0 rings (SSSR count). The minimum absolute atomic E-state index is 0.0661. The Kier molecular flexibility index (Phi) is 3.46. The van der Waals surface area contributed by atoms with E-state index in [0.717, 1.165) is 6.42 Å². The molecule has 0 aromatic rings. The quantitative estimate of drug-likeness (QED) is 0.537. The van der Waals surface area contributed by atoms with Crippen LogP contribution in [0.5, 0.6) is 0 Å². The lowest BCUT2D eigenvalue weighted by molar-refractivity contribution is -0.150. The monoisotopic (exact) mass is 145 g/mol. The Labute approximate surface area is 59.2 Å². The van der Waals surface area contributed by atoms with E-state index in [1.54, 1.807) is 6.92 Å². The SMILES string of the molecule is CCC(C)NC(=O)C(=O)O. The van der Waals surface area contributed by atoms with Crippen LogP contribution in [-0.2, 0) is 9.59 Å². The Balaban J connectivity index is 3.68. The average molecular weight is 145 g/mol. The van der Waals surface area contributed by atoms with Gasteiger partial charge in [0.25, 0.3) is 0 Å². The van der Waals surface area contributed by atoms with Gasteiger partial charge in [-0.25, -0.2) is 4.79 Å². The van der Waals surface area contributed by atoms with Crippen molar-refractivity contribution in [3.05, 3.63) is 0 Å². The molecule has 0 spiro atoms. The van der Waals surface area contributed by atoms with Crippen LogP contribution in [0.4, 0.5) is 0 Å². The molecule has 4 heteroatoms. The maximum Gasteiger partial charge on any atom is 0.394 e. The Morgan fingerprint density at radius 3 is 2.40 bits per heavy atom. The Morgan fingerprint density at radius 2 is 2.10 bits per heavy atom. The summed E-state index contributed by atoms with van der Waals surface area (Å²) in [5.41, 5.74) is 0. The van der Waals surface area contributed by atoms with Gasteiger partial charge in [-0.2, -0.15) is 0 Å². The predicted octanol–water partition coefficient (Wildman–Crippen LogP) is -0.0143. The van der Waals surface area contributed by atoms with Crippen molar-refractivity contribution in [2.45, 2.75) is 26.3 Å². The molecule has 1 amide bonds. The third-order valence-corrected chi connectivity index (χ3v) is 1.18. The van der Waals surface area contributed by atoms with E-state index >= 15 is 0 Å². The molecule has 0 saturated carbocycles. The third-order valence-electron chi connectivity index (χ3n) is 1.18. The molecule has 10 heavy (non-hydrogen) atoms. The zero-order chi connectivity index (χ0) is 8.15. The van der Waals surface area contributed by atoms with Gasteiger partial charge in [-0.05, 0) is 13.3 Å². The van der Waals surface area contributed by atoms with Crippen LogP contribution in [-0.4, -0.2) is 23.0 Å². The van der Waals surface area contributed by atoms with Crippen molar-refractivity contribution in [3.8, 4) is 0 Å². The number of carboxylic acid groups (broad SMARTS) is 1. The number of carbonyl (C=O) groups is 2. The lowest BCUT2D eigenvalue weighted by Crippen LogP contribution is -2.36. The summed E-state index contributed by atoms with van der Waals surface area (Å²) in [5.74, 6) is -2.37. The first-order valence-corrected chi connectivity index (χ1v) is 3.11. The largest absolute Gasteiger partial charge is 0.474 e. The number of amides is 1. The lowest BCUT2D eigenvalue weighted by atomic mass is 10.2. The first-order chi connectivity index (χ1) is 4.57. The molecule has 4 nitrogen and oxygen atoms in total. The average Bonchev–Trinajstić information content (AvgIpc) is 1.87. The van der Waals surface area contributed by atoms with Gasteiger partial charge in [-0.15, -0.1) is 0 Å². The van der Waals surface area contributed by atoms with Crippen molar-refractivity contribution >= 4 is 11.9 Å². The number of hydrogen-bond acceptors (Lipinski definition) is 2.